The van der Waals surface area contributed by atoms with E-state index in [1.165, 1.54) is 19.3 Å². The quantitative estimate of drug-likeness (QED) is 0.742. The summed E-state index contributed by atoms with van der Waals surface area (Å²) in [6, 6.07) is 5.49. The number of hydrogen-bond acceptors (Lipinski definition) is 2. The van der Waals surface area contributed by atoms with Crippen LogP contribution >= 0.6 is 39.7 Å². The lowest BCUT2D eigenvalue weighted by molar-refractivity contribution is 0.0976. The fourth-order valence-electron chi connectivity index (χ4n) is 2.58. The van der Waals surface area contributed by atoms with Crippen molar-refractivity contribution in [2.24, 2.45) is 5.92 Å². The van der Waals surface area contributed by atoms with Crippen molar-refractivity contribution in [1.29, 1.82) is 0 Å². The topological polar surface area (TPSA) is 41.1 Å². The molecule has 1 saturated carbocycles. The third-order valence-corrected chi connectivity index (χ3v) is 4.87. The van der Waals surface area contributed by atoms with Gasteiger partial charge in [-0.1, -0.05) is 47.3 Å². The summed E-state index contributed by atoms with van der Waals surface area (Å²) in [6.07, 6.45) is 4.77. The minimum absolute atomic E-state index is 0.290. The highest BCUT2D eigenvalue weighted by atomic mass is 79.9. The first-order valence-corrected chi connectivity index (χ1v) is 8.62. The molecular weight excluding hydrogens is 372 g/mol. The van der Waals surface area contributed by atoms with E-state index >= 15 is 0 Å². The zero-order valence-electron chi connectivity index (χ0n) is 11.8. The molecule has 1 aromatic rings. The predicted octanol–water partition coefficient (Wildman–Crippen LogP) is 4.29. The van der Waals surface area contributed by atoms with Gasteiger partial charge in [0.2, 0.25) is 0 Å². The van der Waals surface area contributed by atoms with E-state index in [0.29, 0.717) is 27.7 Å². The molecule has 2 N–H and O–H groups in total. The Kier molecular flexibility index (Phi) is 6.02. The van der Waals surface area contributed by atoms with Gasteiger partial charge in [0.05, 0.1) is 10.6 Å². The molecule has 2 atom stereocenters. The summed E-state index contributed by atoms with van der Waals surface area (Å²) in [4.78, 5) is 12.2. The Balaban J connectivity index is 1.95. The Hall–Kier alpha value is -0.650. The van der Waals surface area contributed by atoms with Gasteiger partial charge in [0, 0.05) is 10.5 Å². The molecule has 2 rings (SSSR count). The van der Waals surface area contributed by atoms with Gasteiger partial charge in [-0.25, -0.2) is 0 Å². The molecule has 1 aliphatic carbocycles. The highest BCUT2D eigenvalue weighted by Crippen LogP contribution is 2.24. The number of nitrogens with one attached hydrogen (secondary N) is 2. The Morgan fingerprint density at radius 3 is 2.81 bits per heavy atom. The number of carbonyl (C=O) groups excluding carboxylic acids is 1. The summed E-state index contributed by atoms with van der Waals surface area (Å²) < 4.78 is 0.803. The average Bonchev–Trinajstić information content (AvgIpc) is 2.44. The van der Waals surface area contributed by atoms with Crippen LogP contribution in [0.5, 0.6) is 0 Å². The molecule has 0 aliphatic heterocycles. The largest absolute Gasteiger partial charge is 0.359 e. The number of halogens is 2. The van der Waals surface area contributed by atoms with Gasteiger partial charge in [-0.15, -0.1) is 0 Å². The van der Waals surface area contributed by atoms with Crippen LogP contribution in [-0.4, -0.2) is 17.1 Å². The molecule has 0 radical (unpaired) electrons. The van der Waals surface area contributed by atoms with E-state index in [-0.39, 0.29) is 5.91 Å². The maximum absolute atomic E-state index is 12.2. The standard InChI is InChI=1S/C15H18BrClN2OS/c1-9-4-2-3-5-13(9)18-15(21)19-14(20)11-8-10(16)6-7-12(11)17/h6-9,13H,2-5H2,1H3,(H2,18,19,20,21). The third-order valence-electron chi connectivity index (χ3n) is 3.83. The second-order valence-corrected chi connectivity index (χ2v) is 7.15. The molecule has 0 spiro atoms. The van der Waals surface area contributed by atoms with Crippen molar-refractivity contribution in [3.8, 4) is 0 Å². The van der Waals surface area contributed by atoms with E-state index in [1.54, 1.807) is 18.2 Å². The maximum Gasteiger partial charge on any atom is 0.258 e. The molecule has 1 aromatic carbocycles. The van der Waals surface area contributed by atoms with E-state index in [1.807, 2.05) is 0 Å². The summed E-state index contributed by atoms with van der Waals surface area (Å²) >= 11 is 14.6. The fourth-order valence-corrected chi connectivity index (χ4v) is 3.39. The summed E-state index contributed by atoms with van der Waals surface area (Å²) in [5, 5.41) is 6.73. The van der Waals surface area contributed by atoms with Gasteiger partial charge >= 0.3 is 0 Å². The van der Waals surface area contributed by atoms with Crippen LogP contribution in [0.15, 0.2) is 22.7 Å². The summed E-state index contributed by atoms with van der Waals surface area (Å²) in [5.74, 6) is 0.283. The number of carbonyl (C=O) groups is 1. The van der Waals surface area contributed by atoms with E-state index in [2.05, 4.69) is 33.5 Å². The first-order chi connectivity index (χ1) is 9.97. The lowest BCUT2D eigenvalue weighted by Crippen LogP contribution is -2.47. The van der Waals surface area contributed by atoms with Crippen molar-refractivity contribution in [3.05, 3.63) is 33.3 Å². The lowest BCUT2D eigenvalue weighted by atomic mass is 9.86. The van der Waals surface area contributed by atoms with Crippen LogP contribution in [0.25, 0.3) is 0 Å². The first kappa shape index (κ1) is 16.7. The highest BCUT2D eigenvalue weighted by Gasteiger charge is 2.22. The Morgan fingerprint density at radius 1 is 1.38 bits per heavy atom. The van der Waals surface area contributed by atoms with Crippen LogP contribution in [-0.2, 0) is 0 Å². The maximum atomic E-state index is 12.2. The van der Waals surface area contributed by atoms with E-state index in [9.17, 15) is 4.79 Å². The molecule has 3 nitrogen and oxygen atoms in total. The van der Waals surface area contributed by atoms with Crippen molar-refractivity contribution >= 4 is 50.8 Å². The zero-order chi connectivity index (χ0) is 15.4. The predicted molar refractivity (Wildman–Crippen MR) is 93.8 cm³/mol. The minimum Gasteiger partial charge on any atom is -0.359 e. The molecule has 1 amide bonds. The molecule has 114 valence electrons. The molecule has 1 aliphatic rings. The van der Waals surface area contributed by atoms with Crippen molar-refractivity contribution in [3.63, 3.8) is 0 Å². The molecule has 6 heteroatoms. The number of thiocarbonyl (C=S) groups is 1. The summed E-state index contributed by atoms with van der Waals surface area (Å²) in [5.41, 5.74) is 0.409. The molecule has 0 heterocycles. The molecule has 2 unspecified atom stereocenters. The van der Waals surface area contributed by atoms with E-state index in [4.69, 9.17) is 23.8 Å². The van der Waals surface area contributed by atoms with Crippen molar-refractivity contribution < 1.29 is 4.79 Å². The highest BCUT2D eigenvalue weighted by molar-refractivity contribution is 9.10. The average molecular weight is 390 g/mol. The second-order valence-electron chi connectivity index (χ2n) is 5.42. The number of rotatable bonds is 2. The Morgan fingerprint density at radius 2 is 2.10 bits per heavy atom. The van der Waals surface area contributed by atoms with Gasteiger partial charge in [0.25, 0.3) is 5.91 Å². The van der Waals surface area contributed by atoms with Gasteiger partial charge < -0.3 is 5.32 Å². The van der Waals surface area contributed by atoms with Crippen molar-refractivity contribution in [2.45, 2.75) is 38.6 Å². The molecule has 0 bridgehead atoms. The van der Waals surface area contributed by atoms with Crippen LogP contribution in [0, 0.1) is 5.92 Å². The van der Waals surface area contributed by atoms with Gasteiger partial charge in [0.15, 0.2) is 5.11 Å². The van der Waals surface area contributed by atoms with E-state index < -0.39 is 0 Å². The summed E-state index contributed by atoms with van der Waals surface area (Å²) in [7, 11) is 0. The van der Waals surface area contributed by atoms with E-state index in [0.717, 1.165) is 10.9 Å². The normalized spacial score (nSPS) is 21.7. The summed E-state index contributed by atoms with van der Waals surface area (Å²) in [6.45, 7) is 2.21. The lowest BCUT2D eigenvalue weighted by Gasteiger charge is -2.30. The molecular formula is C15H18BrClN2OS. The third kappa shape index (κ3) is 4.66. The van der Waals surface area contributed by atoms with Crippen LogP contribution in [0.4, 0.5) is 0 Å². The second kappa shape index (κ2) is 7.56. The fraction of sp³-hybridized carbons (Fsp3) is 0.467. The molecule has 1 fully saturated rings. The van der Waals surface area contributed by atoms with Gasteiger partial charge in [-0.05, 0) is 49.2 Å². The Bertz CT molecular complexity index is 552. The van der Waals surface area contributed by atoms with Crippen LogP contribution in [0.3, 0.4) is 0 Å². The first-order valence-electron chi connectivity index (χ1n) is 7.04. The van der Waals surface area contributed by atoms with Crippen LogP contribution < -0.4 is 10.6 Å². The Labute approximate surface area is 144 Å². The SMILES string of the molecule is CC1CCCCC1NC(=S)NC(=O)c1cc(Br)ccc1Cl. The van der Waals surface area contributed by atoms with Gasteiger partial charge in [-0.2, -0.15) is 0 Å². The monoisotopic (exact) mass is 388 g/mol. The molecule has 21 heavy (non-hydrogen) atoms. The molecule has 0 aromatic heterocycles. The minimum atomic E-state index is -0.290. The van der Waals surface area contributed by atoms with Crippen LogP contribution in [0.1, 0.15) is 43.0 Å². The van der Waals surface area contributed by atoms with Crippen LogP contribution in [0.2, 0.25) is 5.02 Å². The number of amides is 1. The van der Waals surface area contributed by atoms with Crippen molar-refractivity contribution in [2.75, 3.05) is 0 Å². The van der Waals surface area contributed by atoms with Gasteiger partial charge in [-0.3, -0.25) is 10.1 Å². The van der Waals surface area contributed by atoms with Gasteiger partial charge in [0.1, 0.15) is 0 Å². The number of benzene rings is 1. The number of hydrogen-bond donors (Lipinski definition) is 2. The smallest absolute Gasteiger partial charge is 0.258 e. The van der Waals surface area contributed by atoms with Crippen molar-refractivity contribution in [1.82, 2.24) is 10.6 Å². The molecule has 0 saturated heterocycles. The zero-order valence-corrected chi connectivity index (χ0v) is 14.9.